The van der Waals surface area contributed by atoms with Crippen LogP contribution in [0.25, 0.3) is 10.8 Å². The zero-order valence-electron chi connectivity index (χ0n) is 17.4. The van der Waals surface area contributed by atoms with Crippen LogP contribution < -0.4 is 11.3 Å². The summed E-state index contributed by atoms with van der Waals surface area (Å²) in [6, 6.07) is 4.59. The second-order valence-corrected chi connectivity index (χ2v) is 7.56. The summed E-state index contributed by atoms with van der Waals surface area (Å²) in [6.45, 7) is 4.60. The largest absolute Gasteiger partial charge is 0.437 e. The molecule has 9 nitrogen and oxygen atoms in total. The van der Waals surface area contributed by atoms with Gasteiger partial charge >= 0.3 is 6.09 Å². The molecule has 3 amide bonds. The van der Waals surface area contributed by atoms with E-state index in [9.17, 15) is 23.6 Å². The first kappa shape index (κ1) is 22.3. The molecule has 0 aliphatic carbocycles. The van der Waals surface area contributed by atoms with Gasteiger partial charge in [0.1, 0.15) is 5.82 Å². The van der Waals surface area contributed by atoms with Crippen molar-refractivity contribution < 1.29 is 23.5 Å². The van der Waals surface area contributed by atoms with Crippen molar-refractivity contribution in [3.63, 3.8) is 0 Å². The van der Waals surface area contributed by atoms with E-state index in [-0.39, 0.29) is 23.6 Å². The number of carbonyl (C=O) groups is 3. The van der Waals surface area contributed by atoms with Crippen LogP contribution in [0.4, 0.5) is 9.18 Å². The van der Waals surface area contributed by atoms with Gasteiger partial charge in [0, 0.05) is 38.3 Å². The van der Waals surface area contributed by atoms with Crippen LogP contribution in [-0.2, 0) is 20.7 Å². The Morgan fingerprint density at radius 3 is 2.48 bits per heavy atom. The van der Waals surface area contributed by atoms with Crippen LogP contribution in [0.3, 0.4) is 0 Å². The topological polar surface area (TPSA) is 126 Å². The van der Waals surface area contributed by atoms with Crippen LogP contribution in [0.2, 0.25) is 0 Å². The summed E-state index contributed by atoms with van der Waals surface area (Å²) in [7, 11) is 0. The molecule has 166 valence electrons. The van der Waals surface area contributed by atoms with Crippen LogP contribution in [-0.4, -0.2) is 65.0 Å². The summed E-state index contributed by atoms with van der Waals surface area (Å²) in [5.41, 5.74) is 5.76. The molecule has 1 atom stereocenters. The van der Waals surface area contributed by atoms with Gasteiger partial charge in [-0.2, -0.15) is 0 Å². The van der Waals surface area contributed by atoms with Crippen molar-refractivity contribution in [2.45, 2.75) is 32.8 Å². The molecule has 2 aromatic rings. The summed E-state index contributed by atoms with van der Waals surface area (Å²) < 4.78 is 18.7. The van der Waals surface area contributed by atoms with E-state index < -0.39 is 23.6 Å². The fraction of sp³-hybridized carbons (Fsp3) is 0.429. The van der Waals surface area contributed by atoms with Crippen molar-refractivity contribution in [3.8, 4) is 0 Å². The molecule has 1 aliphatic heterocycles. The van der Waals surface area contributed by atoms with Crippen LogP contribution >= 0.6 is 0 Å². The highest BCUT2D eigenvalue weighted by atomic mass is 19.1. The number of aryl methyl sites for hydroxylation is 2. The third-order valence-electron chi connectivity index (χ3n) is 5.43. The first-order valence-corrected chi connectivity index (χ1v) is 10.0. The molecular formula is C21H25FN4O5. The quantitative estimate of drug-likeness (QED) is 0.731. The lowest BCUT2D eigenvalue weighted by molar-refractivity contribution is -0.144. The number of hydrogen-bond acceptors (Lipinski definition) is 5. The predicted molar refractivity (Wildman–Crippen MR) is 111 cm³/mol. The van der Waals surface area contributed by atoms with Gasteiger partial charge in [-0.1, -0.05) is 6.07 Å². The number of ether oxygens (including phenoxy) is 1. The van der Waals surface area contributed by atoms with Crippen LogP contribution in [0.5, 0.6) is 0 Å². The molecule has 1 aromatic carbocycles. The summed E-state index contributed by atoms with van der Waals surface area (Å²) >= 11 is 0. The summed E-state index contributed by atoms with van der Waals surface area (Å²) in [5.74, 6) is -1.04. The maximum Gasteiger partial charge on any atom is 0.405 e. The minimum atomic E-state index is -1.01. The van der Waals surface area contributed by atoms with Gasteiger partial charge < -0.3 is 25.3 Å². The van der Waals surface area contributed by atoms with Gasteiger partial charge in [-0.3, -0.25) is 14.4 Å². The number of nitrogens with two attached hydrogens (primary N) is 1. The van der Waals surface area contributed by atoms with E-state index in [0.717, 1.165) is 5.56 Å². The third-order valence-corrected chi connectivity index (χ3v) is 5.43. The van der Waals surface area contributed by atoms with E-state index >= 15 is 0 Å². The third kappa shape index (κ3) is 5.01. The number of H-pyrrole nitrogens is 1. The van der Waals surface area contributed by atoms with Gasteiger partial charge in [0.25, 0.3) is 11.5 Å². The van der Waals surface area contributed by atoms with E-state index in [1.807, 2.05) is 0 Å². The average molecular weight is 432 g/mol. The van der Waals surface area contributed by atoms with Gasteiger partial charge in [0.05, 0.1) is 5.39 Å². The zero-order valence-corrected chi connectivity index (χ0v) is 17.4. The summed E-state index contributed by atoms with van der Waals surface area (Å²) in [6.07, 6.45) is -1.51. The highest BCUT2D eigenvalue weighted by Crippen LogP contribution is 2.19. The number of nitrogens with zero attached hydrogens (tertiary/aromatic N) is 2. The maximum absolute atomic E-state index is 14.0. The molecule has 1 fully saturated rings. The highest BCUT2D eigenvalue weighted by Gasteiger charge is 2.28. The minimum absolute atomic E-state index is 0.0189. The van der Waals surface area contributed by atoms with Gasteiger partial charge in [0.15, 0.2) is 6.10 Å². The predicted octanol–water partition coefficient (Wildman–Crippen LogP) is 1.06. The maximum atomic E-state index is 14.0. The fourth-order valence-electron chi connectivity index (χ4n) is 3.72. The number of primary amides is 1. The Morgan fingerprint density at radius 1 is 1.19 bits per heavy atom. The molecule has 10 heteroatoms. The molecule has 1 saturated heterocycles. The number of aromatic nitrogens is 1. The van der Waals surface area contributed by atoms with Crippen molar-refractivity contribution >= 4 is 28.7 Å². The lowest BCUT2D eigenvalue weighted by atomic mass is 10.0. The number of fused-ring (bicyclic) bond motifs is 1. The van der Waals surface area contributed by atoms with Crippen LogP contribution in [0.15, 0.2) is 23.0 Å². The number of benzene rings is 1. The highest BCUT2D eigenvalue weighted by molar-refractivity contribution is 5.86. The Morgan fingerprint density at radius 2 is 1.84 bits per heavy atom. The molecule has 31 heavy (non-hydrogen) atoms. The number of hydrogen-bond donors (Lipinski definition) is 2. The molecule has 0 spiro atoms. The fourth-order valence-corrected chi connectivity index (χ4v) is 3.72. The van der Waals surface area contributed by atoms with Crippen molar-refractivity contribution in [2.75, 3.05) is 26.2 Å². The molecule has 1 aromatic heterocycles. The number of amides is 3. The van der Waals surface area contributed by atoms with Crippen molar-refractivity contribution in [2.24, 2.45) is 5.73 Å². The number of piperazine rings is 1. The van der Waals surface area contributed by atoms with Gasteiger partial charge in [-0.05, 0) is 43.4 Å². The number of nitrogens with one attached hydrogen (secondary N) is 1. The second kappa shape index (κ2) is 9.15. The molecule has 3 rings (SSSR count). The minimum Gasteiger partial charge on any atom is -0.437 e. The van der Waals surface area contributed by atoms with E-state index in [1.165, 1.54) is 17.9 Å². The van der Waals surface area contributed by atoms with E-state index in [4.69, 9.17) is 10.5 Å². The average Bonchev–Trinajstić information content (AvgIpc) is 2.73. The molecule has 3 N–H and O–H groups in total. The molecule has 0 bridgehead atoms. The number of rotatable bonds is 5. The monoisotopic (exact) mass is 432 g/mol. The molecule has 1 unspecified atom stereocenters. The Hall–Kier alpha value is -3.43. The number of carbonyl (C=O) groups excluding carboxylic acids is 3. The number of aromatic amines is 1. The Labute approximate surface area is 177 Å². The lowest BCUT2D eigenvalue weighted by Gasteiger charge is -2.35. The standard InChI is InChI=1S/C21H25FN4O5/c1-12-3-5-16(22)18-15(12)11-14(24-19(18)28)4-6-17(27)25-7-9-26(10-8-25)20(29)13(2)31-21(23)30/h3,5,11,13H,4,6-10H2,1-2H3,(H2,23,30)(H,24,28). The smallest absolute Gasteiger partial charge is 0.405 e. The van der Waals surface area contributed by atoms with Crippen molar-refractivity contribution in [3.05, 3.63) is 45.6 Å². The van der Waals surface area contributed by atoms with Crippen molar-refractivity contribution in [1.29, 1.82) is 0 Å². The molecular weight excluding hydrogens is 407 g/mol. The SMILES string of the molecule is Cc1ccc(F)c2c(=O)[nH]c(CCC(=O)N3CCN(C(=O)C(C)OC(N)=O)CC3)cc12. The number of pyridine rings is 1. The van der Waals surface area contributed by atoms with Crippen LogP contribution in [0, 0.1) is 12.7 Å². The Bertz CT molecular complexity index is 1080. The zero-order chi connectivity index (χ0) is 22.7. The molecule has 1 aliphatic rings. The molecule has 0 radical (unpaired) electrons. The first-order valence-electron chi connectivity index (χ1n) is 10.0. The molecule has 0 saturated carbocycles. The van der Waals surface area contributed by atoms with Crippen molar-refractivity contribution in [1.82, 2.24) is 14.8 Å². The van der Waals surface area contributed by atoms with E-state index in [1.54, 1.807) is 24.0 Å². The normalized spacial score (nSPS) is 15.1. The Kier molecular flexibility index (Phi) is 6.57. The van der Waals surface area contributed by atoms with E-state index in [0.29, 0.717) is 43.7 Å². The second-order valence-electron chi connectivity index (χ2n) is 7.56. The van der Waals surface area contributed by atoms with Gasteiger partial charge in [-0.25, -0.2) is 9.18 Å². The molecule has 2 heterocycles. The van der Waals surface area contributed by atoms with Gasteiger partial charge in [0.2, 0.25) is 5.91 Å². The van der Waals surface area contributed by atoms with Crippen LogP contribution in [0.1, 0.15) is 24.6 Å². The number of halogens is 1. The Balaban J connectivity index is 1.58. The lowest BCUT2D eigenvalue weighted by Crippen LogP contribution is -2.53. The summed E-state index contributed by atoms with van der Waals surface area (Å²) in [4.78, 5) is 53.7. The first-order chi connectivity index (χ1) is 14.7. The van der Waals surface area contributed by atoms with E-state index in [2.05, 4.69) is 4.98 Å². The van der Waals surface area contributed by atoms with Gasteiger partial charge in [-0.15, -0.1) is 0 Å². The summed E-state index contributed by atoms with van der Waals surface area (Å²) in [5, 5.41) is 0.552.